The summed E-state index contributed by atoms with van der Waals surface area (Å²) in [6, 6.07) is 7.76. The summed E-state index contributed by atoms with van der Waals surface area (Å²) in [4.78, 5) is 16.5. The molecule has 1 saturated heterocycles. The van der Waals surface area contributed by atoms with E-state index < -0.39 is 0 Å². The number of carbonyl (C=O) groups is 1. The third kappa shape index (κ3) is 3.41. The van der Waals surface area contributed by atoms with Crippen LogP contribution in [0.1, 0.15) is 6.92 Å². The lowest BCUT2D eigenvalue weighted by Gasteiger charge is -2.37. The predicted octanol–water partition coefficient (Wildman–Crippen LogP) is 1.91. The van der Waals surface area contributed by atoms with E-state index in [2.05, 4.69) is 4.90 Å². The van der Waals surface area contributed by atoms with Gasteiger partial charge in [0.1, 0.15) is 0 Å². The van der Waals surface area contributed by atoms with Crippen LogP contribution in [0.25, 0.3) is 0 Å². The second-order valence-electron chi connectivity index (χ2n) is 4.92. The highest BCUT2D eigenvalue weighted by molar-refractivity contribution is 7.80. The number of hydrogen-bond acceptors (Lipinski definition) is 3. The van der Waals surface area contributed by atoms with Crippen LogP contribution >= 0.6 is 23.8 Å². The number of hydrogen-bond donors (Lipinski definition) is 1. The number of halogens is 1. The summed E-state index contributed by atoms with van der Waals surface area (Å²) in [5, 5.41) is 0.725. The fourth-order valence-electron chi connectivity index (χ4n) is 2.25. The van der Waals surface area contributed by atoms with Crippen molar-refractivity contribution in [2.45, 2.75) is 6.92 Å². The topological polar surface area (TPSA) is 49.6 Å². The molecule has 108 valence electrons. The van der Waals surface area contributed by atoms with Crippen LogP contribution in [-0.4, -0.2) is 42.0 Å². The SMILES string of the molecule is CC(C(=O)N1CCN(c2cccc(Cl)c2)CC1)C(N)=S. The molecule has 1 aliphatic heterocycles. The first-order valence-corrected chi connectivity index (χ1v) is 7.36. The third-order valence-corrected chi connectivity index (χ3v) is 4.15. The number of thiocarbonyl (C=S) groups is 1. The van der Waals surface area contributed by atoms with Gasteiger partial charge in [-0.25, -0.2) is 0 Å². The maximum absolute atomic E-state index is 12.2. The van der Waals surface area contributed by atoms with Crippen molar-refractivity contribution in [3.05, 3.63) is 29.3 Å². The van der Waals surface area contributed by atoms with Gasteiger partial charge in [-0.3, -0.25) is 4.79 Å². The van der Waals surface area contributed by atoms with Gasteiger partial charge in [0.05, 0.1) is 10.9 Å². The summed E-state index contributed by atoms with van der Waals surface area (Å²) in [7, 11) is 0. The highest BCUT2D eigenvalue weighted by Gasteiger charge is 2.26. The molecule has 0 bridgehead atoms. The molecule has 1 aromatic rings. The Bertz CT molecular complexity index is 515. The largest absolute Gasteiger partial charge is 0.393 e. The lowest BCUT2D eigenvalue weighted by molar-refractivity contribution is -0.133. The van der Waals surface area contributed by atoms with Crippen LogP contribution in [0.2, 0.25) is 5.02 Å². The zero-order chi connectivity index (χ0) is 14.7. The molecule has 6 heteroatoms. The van der Waals surface area contributed by atoms with Crippen molar-refractivity contribution in [3.63, 3.8) is 0 Å². The standard InChI is InChI=1S/C14H18ClN3OS/c1-10(13(16)20)14(19)18-7-5-17(6-8-18)12-4-2-3-11(15)9-12/h2-4,9-10H,5-8H2,1H3,(H2,16,20). The van der Waals surface area contributed by atoms with Gasteiger partial charge >= 0.3 is 0 Å². The van der Waals surface area contributed by atoms with Crippen LogP contribution in [0.3, 0.4) is 0 Å². The monoisotopic (exact) mass is 311 g/mol. The lowest BCUT2D eigenvalue weighted by Crippen LogP contribution is -2.51. The normalized spacial score (nSPS) is 16.9. The van der Waals surface area contributed by atoms with Crippen molar-refractivity contribution in [3.8, 4) is 0 Å². The Morgan fingerprint density at radius 1 is 1.35 bits per heavy atom. The van der Waals surface area contributed by atoms with Gasteiger partial charge in [0.2, 0.25) is 5.91 Å². The molecule has 0 spiro atoms. The Morgan fingerprint density at radius 3 is 2.55 bits per heavy atom. The first kappa shape index (κ1) is 15.1. The summed E-state index contributed by atoms with van der Waals surface area (Å²) in [6.45, 7) is 4.69. The molecule has 2 N–H and O–H groups in total. The predicted molar refractivity (Wildman–Crippen MR) is 86.2 cm³/mol. The number of piperazine rings is 1. The molecule has 4 nitrogen and oxygen atoms in total. The summed E-state index contributed by atoms with van der Waals surface area (Å²) in [6.07, 6.45) is 0. The van der Waals surface area contributed by atoms with Gasteiger partial charge < -0.3 is 15.5 Å². The minimum atomic E-state index is -0.386. The maximum atomic E-state index is 12.2. The Balaban J connectivity index is 1.96. The van der Waals surface area contributed by atoms with E-state index in [0.29, 0.717) is 13.1 Å². The number of rotatable bonds is 3. The number of amides is 1. The van der Waals surface area contributed by atoms with E-state index in [9.17, 15) is 4.79 Å². The molecule has 0 aliphatic carbocycles. The average molecular weight is 312 g/mol. The van der Waals surface area contributed by atoms with Gasteiger partial charge in [-0.05, 0) is 25.1 Å². The summed E-state index contributed by atoms with van der Waals surface area (Å²) < 4.78 is 0. The van der Waals surface area contributed by atoms with Gasteiger partial charge in [0.15, 0.2) is 0 Å². The molecule has 1 aromatic carbocycles. The Hall–Kier alpha value is -1.33. The molecule has 2 rings (SSSR count). The molecule has 20 heavy (non-hydrogen) atoms. The van der Waals surface area contributed by atoms with Gasteiger partial charge in [0.25, 0.3) is 0 Å². The van der Waals surface area contributed by atoms with Crippen molar-refractivity contribution >= 4 is 40.4 Å². The van der Waals surface area contributed by atoms with Crippen LogP contribution in [0.4, 0.5) is 5.69 Å². The first-order chi connectivity index (χ1) is 9.49. The second kappa shape index (κ2) is 6.41. The Kier molecular flexibility index (Phi) is 4.83. The first-order valence-electron chi connectivity index (χ1n) is 6.57. The third-order valence-electron chi connectivity index (χ3n) is 3.56. The molecule has 1 aliphatic rings. The molecule has 0 radical (unpaired) electrons. The van der Waals surface area contributed by atoms with E-state index >= 15 is 0 Å². The van der Waals surface area contributed by atoms with E-state index in [0.717, 1.165) is 23.8 Å². The minimum Gasteiger partial charge on any atom is -0.393 e. The maximum Gasteiger partial charge on any atom is 0.232 e. The number of anilines is 1. The van der Waals surface area contributed by atoms with Crippen molar-refractivity contribution in [2.24, 2.45) is 11.7 Å². The summed E-state index contributed by atoms with van der Waals surface area (Å²) >= 11 is 10.9. The van der Waals surface area contributed by atoms with Crippen LogP contribution in [0.15, 0.2) is 24.3 Å². The van der Waals surface area contributed by atoms with Gasteiger partial charge in [-0.1, -0.05) is 29.9 Å². The van der Waals surface area contributed by atoms with Crippen LogP contribution < -0.4 is 10.6 Å². The molecule has 1 atom stereocenters. The lowest BCUT2D eigenvalue weighted by atomic mass is 10.1. The molecule has 1 fully saturated rings. The van der Waals surface area contributed by atoms with Crippen LogP contribution in [-0.2, 0) is 4.79 Å². The van der Waals surface area contributed by atoms with Crippen LogP contribution in [0.5, 0.6) is 0 Å². The molecule has 0 saturated carbocycles. The molecule has 1 unspecified atom stereocenters. The smallest absolute Gasteiger partial charge is 0.232 e. The molecule has 0 aromatic heterocycles. The zero-order valence-electron chi connectivity index (χ0n) is 11.4. The molecule has 1 amide bonds. The molecule has 1 heterocycles. The van der Waals surface area contributed by atoms with Crippen molar-refractivity contribution < 1.29 is 4.79 Å². The summed E-state index contributed by atoms with van der Waals surface area (Å²) in [5.41, 5.74) is 6.63. The van der Waals surface area contributed by atoms with E-state index in [-0.39, 0.29) is 16.8 Å². The zero-order valence-corrected chi connectivity index (χ0v) is 13.0. The highest BCUT2D eigenvalue weighted by atomic mass is 35.5. The summed E-state index contributed by atoms with van der Waals surface area (Å²) in [5.74, 6) is -0.369. The van der Waals surface area contributed by atoms with E-state index in [1.54, 1.807) is 6.92 Å². The van der Waals surface area contributed by atoms with Crippen molar-refractivity contribution in [1.29, 1.82) is 0 Å². The van der Waals surface area contributed by atoms with E-state index in [1.807, 2.05) is 29.2 Å². The average Bonchev–Trinajstić information content (AvgIpc) is 2.46. The minimum absolute atomic E-state index is 0.0169. The van der Waals surface area contributed by atoms with Gasteiger partial charge in [0, 0.05) is 36.9 Å². The number of nitrogens with zero attached hydrogens (tertiary/aromatic N) is 2. The van der Waals surface area contributed by atoms with Gasteiger partial charge in [-0.2, -0.15) is 0 Å². The molecular weight excluding hydrogens is 294 g/mol. The number of benzene rings is 1. The quantitative estimate of drug-likeness (QED) is 0.866. The van der Waals surface area contributed by atoms with Crippen LogP contribution in [0, 0.1) is 5.92 Å². The highest BCUT2D eigenvalue weighted by Crippen LogP contribution is 2.21. The Morgan fingerprint density at radius 2 is 2.00 bits per heavy atom. The number of carbonyl (C=O) groups excluding carboxylic acids is 1. The molecular formula is C14H18ClN3OS. The fraction of sp³-hybridized carbons (Fsp3) is 0.429. The Labute approximate surface area is 129 Å². The van der Waals surface area contributed by atoms with Crippen molar-refractivity contribution in [2.75, 3.05) is 31.1 Å². The second-order valence-corrected chi connectivity index (χ2v) is 5.82. The fourth-order valence-corrected chi connectivity index (χ4v) is 2.54. The van der Waals surface area contributed by atoms with E-state index in [1.165, 1.54) is 0 Å². The number of nitrogens with two attached hydrogens (primary N) is 1. The van der Waals surface area contributed by atoms with Crippen molar-refractivity contribution in [1.82, 2.24) is 4.90 Å². The van der Waals surface area contributed by atoms with Gasteiger partial charge in [-0.15, -0.1) is 0 Å². The van der Waals surface area contributed by atoms with E-state index in [4.69, 9.17) is 29.6 Å².